The first kappa shape index (κ1) is 18.7. The fourth-order valence-corrected chi connectivity index (χ4v) is 2.77. The first-order valence-corrected chi connectivity index (χ1v) is 8.49. The summed E-state index contributed by atoms with van der Waals surface area (Å²) in [7, 11) is 0. The number of benzene rings is 3. The Kier molecular flexibility index (Phi) is 5.61. The highest BCUT2D eigenvalue weighted by Crippen LogP contribution is 2.22. The Bertz CT molecular complexity index is 1080. The van der Waals surface area contributed by atoms with Crippen molar-refractivity contribution in [3.63, 3.8) is 0 Å². The molecule has 0 aromatic heterocycles. The van der Waals surface area contributed by atoms with Crippen molar-refractivity contribution < 1.29 is 17.6 Å². The van der Waals surface area contributed by atoms with Crippen molar-refractivity contribution in [2.75, 3.05) is 0 Å². The smallest absolute Gasteiger partial charge is 0.174 e. The Balaban J connectivity index is 1.90. The van der Waals surface area contributed by atoms with Gasteiger partial charge in [0.1, 0.15) is 0 Å². The Labute approximate surface area is 155 Å². The molecule has 0 aliphatic rings. The fourth-order valence-electron chi connectivity index (χ4n) is 2.77. The van der Waals surface area contributed by atoms with Crippen LogP contribution in [-0.4, -0.2) is 0 Å². The van der Waals surface area contributed by atoms with Crippen LogP contribution < -0.4 is 0 Å². The lowest BCUT2D eigenvalue weighted by Gasteiger charge is -2.04. The lowest BCUT2D eigenvalue weighted by molar-refractivity contribution is 0.497. The van der Waals surface area contributed by atoms with E-state index in [0.717, 1.165) is 6.07 Å². The summed E-state index contributed by atoms with van der Waals surface area (Å²) in [6, 6.07) is 9.97. The van der Waals surface area contributed by atoms with E-state index in [0.29, 0.717) is 29.4 Å². The van der Waals surface area contributed by atoms with E-state index >= 15 is 0 Å². The van der Waals surface area contributed by atoms with Crippen LogP contribution in [-0.2, 0) is 6.42 Å². The molecule has 0 radical (unpaired) electrons. The van der Waals surface area contributed by atoms with E-state index in [2.05, 4.69) is 11.8 Å². The third-order valence-corrected chi connectivity index (χ3v) is 4.23. The van der Waals surface area contributed by atoms with Gasteiger partial charge in [0.2, 0.25) is 0 Å². The Morgan fingerprint density at radius 1 is 0.852 bits per heavy atom. The molecule has 3 aromatic carbocycles. The van der Waals surface area contributed by atoms with Gasteiger partial charge < -0.3 is 0 Å². The van der Waals surface area contributed by atoms with E-state index < -0.39 is 23.3 Å². The molecule has 0 aliphatic heterocycles. The number of aryl methyl sites for hydroxylation is 1. The summed E-state index contributed by atoms with van der Waals surface area (Å²) in [4.78, 5) is 0. The minimum atomic E-state index is -0.977. The molecule has 27 heavy (non-hydrogen) atoms. The normalized spacial score (nSPS) is 11.0. The van der Waals surface area contributed by atoms with Crippen LogP contribution in [0.3, 0.4) is 0 Å². The second-order valence-electron chi connectivity index (χ2n) is 6.06. The molecular formula is C23H16F4. The number of hydrogen-bond acceptors (Lipinski definition) is 0. The topological polar surface area (TPSA) is 0 Å². The second-order valence-corrected chi connectivity index (χ2v) is 6.06. The molecule has 3 rings (SSSR count). The van der Waals surface area contributed by atoms with Gasteiger partial charge in [-0.2, -0.15) is 0 Å². The van der Waals surface area contributed by atoms with Crippen LogP contribution in [0.15, 0.2) is 54.6 Å². The maximum absolute atomic E-state index is 14.2. The average molecular weight is 368 g/mol. The molecule has 0 bridgehead atoms. The summed E-state index contributed by atoms with van der Waals surface area (Å²) < 4.78 is 55.4. The molecule has 3 aromatic rings. The molecule has 0 heterocycles. The molecule has 0 amide bonds. The van der Waals surface area contributed by atoms with E-state index in [1.807, 2.05) is 19.1 Å². The number of hydrogen-bond donors (Lipinski definition) is 0. The van der Waals surface area contributed by atoms with Gasteiger partial charge >= 0.3 is 0 Å². The predicted molar refractivity (Wildman–Crippen MR) is 99.3 cm³/mol. The van der Waals surface area contributed by atoms with Crippen molar-refractivity contribution in [2.24, 2.45) is 0 Å². The van der Waals surface area contributed by atoms with Gasteiger partial charge in [0, 0.05) is 10.9 Å². The van der Waals surface area contributed by atoms with E-state index in [1.165, 1.54) is 30.3 Å². The van der Waals surface area contributed by atoms with E-state index in [4.69, 9.17) is 0 Å². The third-order valence-electron chi connectivity index (χ3n) is 4.23. The van der Waals surface area contributed by atoms with Gasteiger partial charge in [-0.05, 0) is 55.0 Å². The van der Waals surface area contributed by atoms with E-state index in [1.54, 1.807) is 6.07 Å². The maximum atomic E-state index is 14.2. The minimum Gasteiger partial charge on any atom is -0.204 e. The Morgan fingerprint density at radius 2 is 1.67 bits per heavy atom. The SMILES string of the molecule is C/C=C/CCc1ccc(C#Cc2ccc3c(F)c(F)ccc3c2)c(F)c1F. The average Bonchev–Trinajstić information content (AvgIpc) is 2.67. The lowest BCUT2D eigenvalue weighted by Crippen LogP contribution is -1.97. The predicted octanol–water partition coefficient (Wildman–Crippen LogP) is 6.30. The van der Waals surface area contributed by atoms with Crippen molar-refractivity contribution in [1.29, 1.82) is 0 Å². The molecule has 0 N–H and O–H groups in total. The van der Waals surface area contributed by atoms with Gasteiger partial charge in [-0.25, -0.2) is 17.6 Å². The van der Waals surface area contributed by atoms with Crippen LogP contribution in [0, 0.1) is 35.1 Å². The summed E-state index contributed by atoms with van der Waals surface area (Å²) in [6.45, 7) is 1.87. The zero-order valence-corrected chi connectivity index (χ0v) is 14.6. The van der Waals surface area contributed by atoms with Gasteiger partial charge in [-0.3, -0.25) is 0 Å². The second kappa shape index (κ2) is 8.09. The zero-order chi connectivity index (χ0) is 19.4. The van der Waals surface area contributed by atoms with Gasteiger partial charge in [0.05, 0.1) is 5.56 Å². The first-order chi connectivity index (χ1) is 13.0. The number of fused-ring (bicyclic) bond motifs is 1. The largest absolute Gasteiger partial charge is 0.204 e. The molecular weight excluding hydrogens is 352 g/mol. The fraction of sp³-hybridized carbons (Fsp3) is 0.130. The quantitative estimate of drug-likeness (QED) is 0.289. The number of halogens is 4. The molecule has 0 spiro atoms. The summed E-state index contributed by atoms with van der Waals surface area (Å²) in [6.07, 6.45) is 4.79. The highest BCUT2D eigenvalue weighted by molar-refractivity contribution is 5.84. The van der Waals surface area contributed by atoms with Crippen LogP contribution in [0.2, 0.25) is 0 Å². The Hall–Kier alpha value is -3.06. The van der Waals surface area contributed by atoms with E-state index in [-0.39, 0.29) is 10.9 Å². The van der Waals surface area contributed by atoms with Crippen molar-refractivity contribution in [2.45, 2.75) is 19.8 Å². The summed E-state index contributed by atoms with van der Waals surface area (Å²) in [5.41, 5.74) is 0.748. The summed E-state index contributed by atoms with van der Waals surface area (Å²) in [5, 5.41) is 0.620. The molecule has 0 saturated carbocycles. The maximum Gasteiger partial charge on any atom is 0.174 e. The van der Waals surface area contributed by atoms with Crippen molar-refractivity contribution >= 4 is 10.8 Å². The van der Waals surface area contributed by atoms with Crippen molar-refractivity contribution in [3.05, 3.63) is 94.6 Å². The standard InChI is InChI=1S/C23H16F4/c1-2-3-4-5-16-9-10-17(22(26)21(16)25)8-6-15-7-12-19-18(14-15)11-13-20(24)23(19)27/h2-3,7,9-14H,4-5H2,1H3/b3-2+. The Morgan fingerprint density at radius 3 is 2.44 bits per heavy atom. The van der Waals surface area contributed by atoms with Gasteiger partial charge in [0.25, 0.3) is 0 Å². The molecule has 0 saturated heterocycles. The third kappa shape index (κ3) is 4.03. The van der Waals surface area contributed by atoms with E-state index in [9.17, 15) is 17.6 Å². The highest BCUT2D eigenvalue weighted by Gasteiger charge is 2.12. The molecule has 0 aliphatic carbocycles. The number of rotatable bonds is 3. The highest BCUT2D eigenvalue weighted by atomic mass is 19.2. The van der Waals surface area contributed by atoms with Crippen LogP contribution in [0.1, 0.15) is 30.0 Å². The lowest BCUT2D eigenvalue weighted by atomic mass is 10.0. The van der Waals surface area contributed by atoms with Crippen LogP contribution >= 0.6 is 0 Å². The zero-order valence-electron chi connectivity index (χ0n) is 14.6. The first-order valence-electron chi connectivity index (χ1n) is 8.49. The molecule has 4 heteroatoms. The summed E-state index contributed by atoms with van der Waals surface area (Å²) in [5.74, 6) is 1.64. The van der Waals surface area contributed by atoms with Crippen LogP contribution in [0.5, 0.6) is 0 Å². The summed E-state index contributed by atoms with van der Waals surface area (Å²) >= 11 is 0. The molecule has 0 nitrogen and oxygen atoms in total. The monoisotopic (exact) mass is 368 g/mol. The van der Waals surface area contributed by atoms with Crippen LogP contribution in [0.25, 0.3) is 10.8 Å². The molecule has 136 valence electrons. The van der Waals surface area contributed by atoms with Gasteiger partial charge in [-0.1, -0.05) is 42.2 Å². The molecule has 0 fully saturated rings. The van der Waals surface area contributed by atoms with Crippen molar-refractivity contribution in [1.82, 2.24) is 0 Å². The number of allylic oxidation sites excluding steroid dienone is 2. The van der Waals surface area contributed by atoms with Crippen LogP contribution in [0.4, 0.5) is 17.6 Å². The molecule has 0 unspecified atom stereocenters. The van der Waals surface area contributed by atoms with Crippen molar-refractivity contribution in [3.8, 4) is 11.8 Å². The molecule has 0 atom stereocenters. The van der Waals surface area contributed by atoms with Gasteiger partial charge in [-0.15, -0.1) is 0 Å². The minimum absolute atomic E-state index is 0.0485. The van der Waals surface area contributed by atoms with Gasteiger partial charge in [0.15, 0.2) is 23.3 Å².